The molecule has 0 aliphatic carbocycles. The molecule has 3 rings (SSSR count). The molecular weight excluding hydrogens is 308 g/mol. The summed E-state index contributed by atoms with van der Waals surface area (Å²) in [5, 5.41) is 8.90. The molecule has 1 N–H and O–H groups in total. The fraction of sp³-hybridized carbons (Fsp3) is 0.278. The summed E-state index contributed by atoms with van der Waals surface area (Å²) in [6, 6.07) is 9.81. The van der Waals surface area contributed by atoms with Crippen molar-refractivity contribution in [3.05, 3.63) is 65.5 Å². The molecule has 0 saturated carbocycles. The number of aromatic nitrogens is 1. The Kier molecular flexibility index (Phi) is 4.86. The highest BCUT2D eigenvalue weighted by molar-refractivity contribution is 5.96. The van der Waals surface area contributed by atoms with E-state index in [0.717, 1.165) is 12.0 Å². The van der Waals surface area contributed by atoms with Crippen LogP contribution >= 0.6 is 0 Å². The Morgan fingerprint density at radius 2 is 1.79 bits per heavy atom. The van der Waals surface area contributed by atoms with Crippen LogP contribution in [0.5, 0.6) is 0 Å². The van der Waals surface area contributed by atoms with Crippen molar-refractivity contribution >= 4 is 11.9 Å². The van der Waals surface area contributed by atoms with Gasteiger partial charge in [0.1, 0.15) is 0 Å². The number of hydrogen-bond acceptors (Lipinski definition) is 4. The zero-order valence-corrected chi connectivity index (χ0v) is 13.1. The molecule has 1 unspecified atom stereocenters. The van der Waals surface area contributed by atoms with E-state index in [1.54, 1.807) is 29.4 Å². The number of pyridine rings is 1. The van der Waals surface area contributed by atoms with Crippen LogP contribution in [0.4, 0.5) is 0 Å². The predicted octanol–water partition coefficient (Wildman–Crippen LogP) is 2.21. The summed E-state index contributed by atoms with van der Waals surface area (Å²) in [5.74, 6) is -1.10. The molecule has 1 aromatic carbocycles. The number of hydrogen-bond donors (Lipinski definition) is 1. The number of aromatic carboxylic acids is 1. The van der Waals surface area contributed by atoms with Gasteiger partial charge < -0.3 is 14.7 Å². The fourth-order valence-electron chi connectivity index (χ4n) is 2.68. The zero-order chi connectivity index (χ0) is 16.9. The summed E-state index contributed by atoms with van der Waals surface area (Å²) < 4.78 is 5.86. The van der Waals surface area contributed by atoms with E-state index in [4.69, 9.17) is 9.84 Å². The quantitative estimate of drug-likeness (QED) is 0.911. The Morgan fingerprint density at radius 3 is 2.46 bits per heavy atom. The Morgan fingerprint density at radius 1 is 1.12 bits per heavy atom. The molecule has 1 atom stereocenters. The molecular formula is C18H18N2O4. The number of ether oxygens (including phenoxy) is 1. The third-order valence-electron chi connectivity index (χ3n) is 4.05. The second-order valence-electron chi connectivity index (χ2n) is 5.71. The number of carbonyl (C=O) groups excluding carboxylic acids is 1. The molecule has 24 heavy (non-hydrogen) atoms. The lowest BCUT2D eigenvalue weighted by molar-refractivity contribution is 0.0437. The largest absolute Gasteiger partial charge is 0.478 e. The summed E-state index contributed by atoms with van der Waals surface area (Å²) in [4.78, 5) is 29.0. The minimum Gasteiger partial charge on any atom is -0.478 e. The average Bonchev–Trinajstić information content (AvgIpc) is 3.09. The van der Waals surface area contributed by atoms with Crippen LogP contribution in [0.3, 0.4) is 0 Å². The number of nitrogens with zero attached hydrogens (tertiary/aromatic N) is 2. The van der Waals surface area contributed by atoms with Gasteiger partial charge in [0.15, 0.2) is 0 Å². The van der Waals surface area contributed by atoms with Gasteiger partial charge in [-0.05, 0) is 48.4 Å². The normalized spacial score (nSPS) is 17.0. The zero-order valence-electron chi connectivity index (χ0n) is 13.1. The molecule has 1 amide bonds. The highest BCUT2D eigenvalue weighted by Crippen LogP contribution is 2.18. The lowest BCUT2D eigenvalue weighted by atomic mass is 10.1. The average molecular weight is 326 g/mol. The minimum atomic E-state index is -1.00. The highest BCUT2D eigenvalue weighted by Gasteiger charge is 2.27. The second-order valence-corrected chi connectivity index (χ2v) is 5.71. The van der Waals surface area contributed by atoms with Crippen LogP contribution in [0.25, 0.3) is 0 Å². The number of amides is 1. The molecule has 0 radical (unpaired) electrons. The van der Waals surface area contributed by atoms with Crippen molar-refractivity contribution in [1.29, 1.82) is 0 Å². The van der Waals surface area contributed by atoms with Crippen LogP contribution in [-0.2, 0) is 11.3 Å². The Bertz CT molecular complexity index is 716. The molecule has 0 bridgehead atoms. The third-order valence-corrected chi connectivity index (χ3v) is 4.05. The van der Waals surface area contributed by atoms with E-state index in [-0.39, 0.29) is 17.6 Å². The monoisotopic (exact) mass is 326 g/mol. The summed E-state index contributed by atoms with van der Waals surface area (Å²) in [6.45, 7) is 1.69. The van der Waals surface area contributed by atoms with E-state index in [2.05, 4.69) is 4.98 Å². The summed E-state index contributed by atoms with van der Waals surface area (Å²) in [5.41, 5.74) is 1.72. The molecule has 6 heteroatoms. The van der Waals surface area contributed by atoms with E-state index in [9.17, 15) is 9.59 Å². The molecule has 124 valence electrons. The second kappa shape index (κ2) is 7.23. The van der Waals surface area contributed by atoms with E-state index in [1.807, 2.05) is 12.1 Å². The van der Waals surface area contributed by atoms with Crippen molar-refractivity contribution in [2.24, 2.45) is 0 Å². The van der Waals surface area contributed by atoms with Crippen molar-refractivity contribution in [2.45, 2.75) is 19.1 Å². The van der Waals surface area contributed by atoms with Crippen molar-refractivity contribution < 1.29 is 19.4 Å². The minimum absolute atomic E-state index is 0.0143. The number of benzene rings is 1. The molecule has 0 spiro atoms. The van der Waals surface area contributed by atoms with Crippen LogP contribution in [-0.4, -0.2) is 46.1 Å². The van der Waals surface area contributed by atoms with Gasteiger partial charge in [-0.25, -0.2) is 4.79 Å². The van der Waals surface area contributed by atoms with E-state index in [0.29, 0.717) is 25.3 Å². The van der Waals surface area contributed by atoms with Crippen LogP contribution in [0, 0.1) is 0 Å². The van der Waals surface area contributed by atoms with E-state index < -0.39 is 5.97 Å². The molecule has 1 saturated heterocycles. The summed E-state index contributed by atoms with van der Waals surface area (Å²) in [7, 11) is 0. The Hall–Kier alpha value is -2.73. The lowest BCUT2D eigenvalue weighted by Crippen LogP contribution is -2.30. The van der Waals surface area contributed by atoms with Crippen LogP contribution in [0.2, 0.25) is 0 Å². The first-order valence-electron chi connectivity index (χ1n) is 7.76. The lowest BCUT2D eigenvalue weighted by Gasteiger charge is -2.17. The molecule has 1 aliphatic rings. The molecule has 1 fully saturated rings. The Labute approximate surface area is 139 Å². The van der Waals surface area contributed by atoms with Crippen molar-refractivity contribution in [3.8, 4) is 0 Å². The van der Waals surface area contributed by atoms with Gasteiger partial charge in [0.05, 0.1) is 18.3 Å². The molecule has 6 nitrogen and oxygen atoms in total. The number of carbonyl (C=O) groups is 2. The van der Waals surface area contributed by atoms with Gasteiger partial charge in [0.25, 0.3) is 5.91 Å². The Balaban J connectivity index is 1.54. The molecule has 1 aliphatic heterocycles. The fourth-order valence-corrected chi connectivity index (χ4v) is 2.68. The van der Waals surface area contributed by atoms with Crippen molar-refractivity contribution in [2.75, 3.05) is 13.1 Å². The molecule has 2 heterocycles. The number of rotatable bonds is 5. The number of carboxylic acids is 1. The standard InChI is InChI=1S/C18H18N2O4/c21-17(14-1-3-15(4-2-14)18(22)23)20-10-7-16(11-20)24-12-13-5-8-19-9-6-13/h1-6,8-9,16H,7,10-12H2,(H,22,23). The van der Waals surface area contributed by atoms with Gasteiger partial charge in [-0.3, -0.25) is 9.78 Å². The van der Waals surface area contributed by atoms with Crippen LogP contribution in [0.15, 0.2) is 48.8 Å². The van der Waals surface area contributed by atoms with Gasteiger partial charge in [-0.2, -0.15) is 0 Å². The topological polar surface area (TPSA) is 79.7 Å². The van der Waals surface area contributed by atoms with Crippen molar-refractivity contribution in [1.82, 2.24) is 9.88 Å². The van der Waals surface area contributed by atoms with Gasteiger partial charge >= 0.3 is 5.97 Å². The molecule has 1 aromatic heterocycles. The molecule has 2 aromatic rings. The smallest absolute Gasteiger partial charge is 0.335 e. The SMILES string of the molecule is O=C(O)c1ccc(C(=O)N2CCC(OCc3ccncc3)C2)cc1. The maximum Gasteiger partial charge on any atom is 0.335 e. The first kappa shape index (κ1) is 16.1. The van der Waals surface area contributed by atoms with Crippen LogP contribution < -0.4 is 0 Å². The predicted molar refractivity (Wildman–Crippen MR) is 86.7 cm³/mol. The van der Waals surface area contributed by atoms with Gasteiger partial charge in [-0.15, -0.1) is 0 Å². The number of likely N-dealkylation sites (tertiary alicyclic amines) is 1. The van der Waals surface area contributed by atoms with Crippen LogP contribution in [0.1, 0.15) is 32.7 Å². The number of carboxylic acid groups (broad SMARTS) is 1. The highest BCUT2D eigenvalue weighted by atomic mass is 16.5. The third kappa shape index (κ3) is 3.78. The van der Waals surface area contributed by atoms with Gasteiger partial charge in [-0.1, -0.05) is 0 Å². The van der Waals surface area contributed by atoms with Gasteiger partial charge in [0.2, 0.25) is 0 Å². The van der Waals surface area contributed by atoms with Crippen molar-refractivity contribution in [3.63, 3.8) is 0 Å². The maximum absolute atomic E-state index is 12.5. The first-order chi connectivity index (χ1) is 11.6. The summed E-state index contributed by atoms with van der Waals surface area (Å²) >= 11 is 0. The van der Waals surface area contributed by atoms with Gasteiger partial charge in [0, 0.05) is 31.0 Å². The van der Waals surface area contributed by atoms with E-state index >= 15 is 0 Å². The van der Waals surface area contributed by atoms with E-state index in [1.165, 1.54) is 12.1 Å². The summed E-state index contributed by atoms with van der Waals surface area (Å²) in [6.07, 6.45) is 4.26. The maximum atomic E-state index is 12.5. The first-order valence-corrected chi connectivity index (χ1v) is 7.76.